The van der Waals surface area contributed by atoms with Crippen molar-refractivity contribution in [1.29, 1.82) is 0 Å². The maximum absolute atomic E-state index is 13.4. The van der Waals surface area contributed by atoms with Crippen molar-refractivity contribution in [3.63, 3.8) is 0 Å². The summed E-state index contributed by atoms with van der Waals surface area (Å²) in [6.07, 6.45) is -0.968. The molecule has 2 aliphatic rings. The summed E-state index contributed by atoms with van der Waals surface area (Å²) in [5.74, 6) is 0.0528. The van der Waals surface area contributed by atoms with Gasteiger partial charge in [0.2, 0.25) is 0 Å². The molecule has 2 saturated heterocycles. The van der Waals surface area contributed by atoms with E-state index in [4.69, 9.17) is 48.4 Å². The van der Waals surface area contributed by atoms with E-state index >= 15 is 0 Å². The van der Waals surface area contributed by atoms with Gasteiger partial charge in [0.05, 0.1) is 57.9 Å². The minimum atomic E-state index is -1.87. The zero-order valence-corrected chi connectivity index (χ0v) is 41.4. The molecule has 2 fully saturated rings. The van der Waals surface area contributed by atoms with Crippen molar-refractivity contribution in [2.24, 2.45) is 11.1 Å². The molecular formula is C49H84N4O16. The van der Waals surface area contributed by atoms with Gasteiger partial charge < -0.3 is 79.0 Å². The van der Waals surface area contributed by atoms with E-state index in [1.165, 1.54) is 23.2 Å². The molecule has 6 unspecified atom stereocenters. The predicted octanol–water partition coefficient (Wildman–Crippen LogP) is 3.56. The highest BCUT2D eigenvalue weighted by Gasteiger charge is 2.50. The molecule has 0 amide bonds. The van der Waals surface area contributed by atoms with Gasteiger partial charge in [0, 0.05) is 24.7 Å². The van der Waals surface area contributed by atoms with Crippen LogP contribution in [0, 0.1) is 5.41 Å². The van der Waals surface area contributed by atoms with Crippen LogP contribution in [-0.4, -0.2) is 172 Å². The maximum atomic E-state index is 13.4. The Labute approximate surface area is 408 Å². The van der Waals surface area contributed by atoms with Crippen molar-refractivity contribution in [2.75, 3.05) is 59.4 Å². The minimum absolute atomic E-state index is 0.113. The van der Waals surface area contributed by atoms with Crippen LogP contribution in [0.25, 0.3) is 0 Å². The fraction of sp³-hybridized carbons (Fsp3) is 0.816. The van der Waals surface area contributed by atoms with Gasteiger partial charge in [-0.2, -0.15) is 0 Å². The largest absolute Gasteiger partial charge is 0.493 e. The summed E-state index contributed by atoms with van der Waals surface area (Å²) in [5.41, 5.74) is 5.80. The fourth-order valence-electron chi connectivity index (χ4n) is 7.84. The summed E-state index contributed by atoms with van der Waals surface area (Å²) < 4.78 is 54.4. The van der Waals surface area contributed by atoms with Gasteiger partial charge >= 0.3 is 5.97 Å². The third-order valence-corrected chi connectivity index (χ3v) is 12.1. The van der Waals surface area contributed by atoms with Gasteiger partial charge in [0.1, 0.15) is 72.6 Å². The molecule has 1 aromatic heterocycles. The Morgan fingerprint density at radius 3 is 1.74 bits per heavy atom. The normalized spacial score (nSPS) is 25.9. The van der Waals surface area contributed by atoms with E-state index in [9.17, 15) is 35.4 Å². The zero-order chi connectivity index (χ0) is 50.0. The number of benzene rings is 1. The van der Waals surface area contributed by atoms with E-state index in [0.717, 1.165) is 83.5 Å². The first-order valence-corrected chi connectivity index (χ1v) is 25.3. The molecule has 1 aromatic carbocycles. The van der Waals surface area contributed by atoms with Crippen LogP contribution in [0.4, 0.5) is 0 Å². The third kappa shape index (κ3) is 20.2. The number of aliphatic hydroxyl groups excluding tert-OH is 6. The first-order chi connectivity index (χ1) is 33.3. The van der Waals surface area contributed by atoms with Crippen LogP contribution >= 0.6 is 0 Å². The number of nitrogens with two attached hydrogens (primary N) is 1. The Morgan fingerprint density at radius 2 is 1.16 bits per heavy atom. The van der Waals surface area contributed by atoms with Crippen LogP contribution < -0.4 is 15.2 Å². The lowest BCUT2D eigenvalue weighted by atomic mass is 9.94. The quantitative estimate of drug-likeness (QED) is 0.0380. The lowest BCUT2D eigenvalue weighted by molar-refractivity contribution is -0.375. The van der Waals surface area contributed by atoms with Crippen molar-refractivity contribution in [1.82, 2.24) is 15.0 Å². The van der Waals surface area contributed by atoms with E-state index in [1.54, 1.807) is 12.3 Å². The van der Waals surface area contributed by atoms with Gasteiger partial charge in [-0.15, -0.1) is 5.10 Å². The number of aliphatic hydroxyl groups is 6. The highest BCUT2D eigenvalue weighted by molar-refractivity contribution is 5.90. The number of carbonyl (C=O) groups is 1. The van der Waals surface area contributed by atoms with E-state index in [0.29, 0.717) is 70.0 Å². The molecule has 0 radical (unpaired) electrons. The lowest BCUT2D eigenvalue weighted by Gasteiger charge is -2.44. The van der Waals surface area contributed by atoms with Crippen LogP contribution in [0.3, 0.4) is 0 Å². The predicted molar refractivity (Wildman–Crippen MR) is 252 cm³/mol. The molecule has 20 heteroatoms. The van der Waals surface area contributed by atoms with E-state index in [1.807, 2.05) is 0 Å². The van der Waals surface area contributed by atoms with Crippen LogP contribution in [0.1, 0.15) is 134 Å². The second-order valence-electron chi connectivity index (χ2n) is 18.7. The molecule has 8 N–H and O–H groups in total. The first-order valence-electron chi connectivity index (χ1n) is 25.3. The number of ether oxygens (including phenoxy) is 9. The summed E-state index contributed by atoms with van der Waals surface area (Å²) in [6.45, 7) is 11.9. The van der Waals surface area contributed by atoms with E-state index in [-0.39, 0.29) is 18.7 Å². The standard InChI is InChI=1S/C49H84N4O16/c1-5-8-11-17-20-61-31-49(4,32-62-21-18-13-12-14-19-50)33-63-29-35-27-53(52-51-35)28-38-40(54)42(56)44(58)47(67-38)69-48-45(59)43(57)41(55)39(68-48)30-66-46(60)34-24-36(64-22-15-9-6-2)26-37(25-34)65-23-16-10-7-3/h24-27,38-45,47-48,54-59H,5-23,28-33,50H2,1-4H3/t38-,39?,40-,41-,42?,43?,44?,45?,47-,48+,49?/m1/s1. The van der Waals surface area contributed by atoms with Crippen molar-refractivity contribution < 1.29 is 78.1 Å². The third-order valence-electron chi connectivity index (χ3n) is 12.1. The molecule has 11 atom stereocenters. The average molecular weight is 985 g/mol. The van der Waals surface area contributed by atoms with E-state index in [2.05, 4.69) is 38.0 Å². The molecule has 0 spiro atoms. The van der Waals surface area contributed by atoms with E-state index < -0.39 is 79.4 Å². The van der Waals surface area contributed by atoms with Crippen LogP contribution in [0.15, 0.2) is 24.4 Å². The van der Waals surface area contributed by atoms with Crippen molar-refractivity contribution >= 4 is 5.97 Å². The van der Waals surface area contributed by atoms with Crippen molar-refractivity contribution in [3.8, 4) is 11.5 Å². The maximum Gasteiger partial charge on any atom is 0.338 e. The van der Waals surface area contributed by atoms with Gasteiger partial charge in [-0.1, -0.05) is 90.7 Å². The number of hydrogen-bond donors (Lipinski definition) is 7. The summed E-state index contributed by atoms with van der Waals surface area (Å²) >= 11 is 0. The molecular weight excluding hydrogens is 901 g/mol. The summed E-state index contributed by atoms with van der Waals surface area (Å²) in [5, 5.41) is 73.6. The molecule has 0 bridgehead atoms. The zero-order valence-electron chi connectivity index (χ0n) is 41.4. The minimum Gasteiger partial charge on any atom is -0.493 e. The molecule has 396 valence electrons. The molecule has 69 heavy (non-hydrogen) atoms. The van der Waals surface area contributed by atoms with Gasteiger partial charge in [-0.3, -0.25) is 0 Å². The number of hydrogen-bond acceptors (Lipinski definition) is 19. The van der Waals surface area contributed by atoms with Gasteiger partial charge in [0.15, 0.2) is 12.6 Å². The Kier molecular flexibility index (Phi) is 27.2. The smallest absolute Gasteiger partial charge is 0.338 e. The number of unbranched alkanes of at least 4 members (excludes halogenated alkanes) is 10. The molecule has 0 aliphatic carbocycles. The number of carbonyl (C=O) groups excluding carboxylic acids is 1. The van der Waals surface area contributed by atoms with Gasteiger partial charge in [-0.25, -0.2) is 9.48 Å². The second kappa shape index (κ2) is 32.1. The van der Waals surface area contributed by atoms with Crippen LogP contribution in [0.2, 0.25) is 0 Å². The number of nitrogens with zero attached hydrogens (tertiary/aromatic N) is 3. The SMILES string of the molecule is CCCCCCOCC(C)(COCCCCCCN)COCc1cn(C[C@H]2O[C@H](O[C@@H]3OC(COC(=O)c4cc(OCCCCC)cc(OCCCCC)c4)[C@@H](O)C(O)C3O)C(O)C(O)[C@@H]2O)nn1. The number of esters is 1. The molecule has 4 rings (SSSR count). The molecule has 3 heterocycles. The summed E-state index contributed by atoms with van der Waals surface area (Å²) in [6, 6.07) is 4.76. The second-order valence-corrected chi connectivity index (χ2v) is 18.7. The summed E-state index contributed by atoms with van der Waals surface area (Å²) in [7, 11) is 0. The topological polar surface area (TPSA) is 278 Å². The van der Waals surface area contributed by atoms with Gasteiger partial charge in [-0.05, 0) is 50.8 Å². The monoisotopic (exact) mass is 985 g/mol. The Hall–Kier alpha value is -3.09. The van der Waals surface area contributed by atoms with Crippen molar-refractivity contribution in [2.45, 2.75) is 192 Å². The van der Waals surface area contributed by atoms with Crippen LogP contribution in [-0.2, 0) is 46.3 Å². The van der Waals surface area contributed by atoms with Crippen molar-refractivity contribution in [3.05, 3.63) is 35.7 Å². The number of aromatic nitrogens is 3. The molecule has 2 aliphatic heterocycles. The molecule has 0 saturated carbocycles. The molecule has 20 nitrogen and oxygen atoms in total. The highest BCUT2D eigenvalue weighted by Crippen LogP contribution is 2.30. The first kappa shape index (κ1) is 58.5. The Morgan fingerprint density at radius 1 is 0.652 bits per heavy atom. The van der Waals surface area contributed by atoms with Gasteiger partial charge in [0.25, 0.3) is 0 Å². The number of rotatable bonds is 36. The Balaban J connectivity index is 1.33. The average Bonchev–Trinajstić information content (AvgIpc) is 3.79. The summed E-state index contributed by atoms with van der Waals surface area (Å²) in [4.78, 5) is 13.4. The Bertz CT molecular complexity index is 1660. The lowest BCUT2D eigenvalue weighted by Crippen LogP contribution is -2.63. The fourth-order valence-corrected chi connectivity index (χ4v) is 7.84. The highest BCUT2D eigenvalue weighted by atomic mass is 16.8. The molecule has 2 aromatic rings. The van der Waals surface area contributed by atoms with Crippen LogP contribution in [0.5, 0.6) is 11.5 Å².